The summed E-state index contributed by atoms with van der Waals surface area (Å²) in [6.45, 7) is 5.49. The number of rotatable bonds is 7. The Morgan fingerprint density at radius 3 is 2.42 bits per heavy atom. The summed E-state index contributed by atoms with van der Waals surface area (Å²) >= 11 is 1.09. The molecule has 0 saturated carbocycles. The highest BCUT2D eigenvalue weighted by Gasteiger charge is 2.13. The maximum atomic E-state index is 12.3. The molecule has 1 aromatic heterocycles. The van der Waals surface area contributed by atoms with Crippen molar-refractivity contribution in [3.8, 4) is 11.5 Å². The number of nitrogens with zero attached hydrogens (tertiary/aromatic N) is 1. The van der Waals surface area contributed by atoms with Crippen LogP contribution in [0.25, 0.3) is 0 Å². The van der Waals surface area contributed by atoms with Gasteiger partial charge in [0.1, 0.15) is 4.88 Å². The third-order valence-electron chi connectivity index (χ3n) is 3.29. The summed E-state index contributed by atoms with van der Waals surface area (Å²) in [5.41, 5.74) is 3.34. The van der Waals surface area contributed by atoms with Gasteiger partial charge in [-0.3, -0.25) is 4.79 Å². The van der Waals surface area contributed by atoms with Gasteiger partial charge in [0.25, 0.3) is 5.91 Å². The molecule has 2 N–H and O–H groups in total. The van der Waals surface area contributed by atoms with Crippen molar-refractivity contribution in [1.29, 1.82) is 0 Å². The zero-order chi connectivity index (χ0) is 19.3. The van der Waals surface area contributed by atoms with E-state index < -0.39 is 11.9 Å². The quantitative estimate of drug-likeness (QED) is 0.570. The van der Waals surface area contributed by atoms with Crippen LogP contribution in [0.3, 0.4) is 0 Å². The lowest BCUT2D eigenvalue weighted by atomic mass is 10.2. The van der Waals surface area contributed by atoms with Crippen LogP contribution in [0, 0.1) is 0 Å². The number of carbonyl (C=O) groups is 2. The predicted molar refractivity (Wildman–Crippen MR) is 99.7 cm³/mol. The van der Waals surface area contributed by atoms with E-state index >= 15 is 0 Å². The van der Waals surface area contributed by atoms with Gasteiger partial charge in [-0.05, 0) is 51.1 Å². The van der Waals surface area contributed by atoms with Crippen LogP contribution in [0.2, 0.25) is 0 Å². The SMILES string of the molecule is COc1cc(C(=O)N/N=C(/C)c2ccc(C(=O)O)s2)ccc1OC(C)C. The van der Waals surface area contributed by atoms with Gasteiger partial charge in [0.2, 0.25) is 0 Å². The summed E-state index contributed by atoms with van der Waals surface area (Å²) in [5, 5.41) is 13.0. The fourth-order valence-corrected chi connectivity index (χ4v) is 2.85. The van der Waals surface area contributed by atoms with Crippen molar-refractivity contribution in [2.45, 2.75) is 26.9 Å². The van der Waals surface area contributed by atoms with Crippen molar-refractivity contribution >= 4 is 28.9 Å². The molecule has 1 aromatic carbocycles. The Morgan fingerprint density at radius 1 is 1.15 bits per heavy atom. The molecule has 0 spiro atoms. The molecule has 0 aliphatic carbocycles. The number of hydrogen-bond donors (Lipinski definition) is 2. The maximum Gasteiger partial charge on any atom is 0.345 e. The summed E-state index contributed by atoms with van der Waals surface area (Å²) in [6.07, 6.45) is -0.0164. The van der Waals surface area contributed by atoms with Gasteiger partial charge in [0, 0.05) is 5.56 Å². The number of hydrazone groups is 1. The molecular formula is C18H20N2O5S. The molecule has 0 fully saturated rings. The molecule has 1 amide bonds. The first-order valence-electron chi connectivity index (χ1n) is 7.84. The van der Waals surface area contributed by atoms with Crippen molar-refractivity contribution in [2.75, 3.05) is 7.11 Å². The lowest BCUT2D eigenvalue weighted by Crippen LogP contribution is -2.19. The molecule has 0 bridgehead atoms. The minimum atomic E-state index is -0.992. The van der Waals surface area contributed by atoms with Crippen LogP contribution in [0.1, 0.15) is 45.7 Å². The van der Waals surface area contributed by atoms with Gasteiger partial charge in [-0.25, -0.2) is 10.2 Å². The van der Waals surface area contributed by atoms with Crippen LogP contribution in [-0.4, -0.2) is 35.9 Å². The Bertz CT molecular complexity index is 842. The number of carboxylic acids is 1. The number of methoxy groups -OCH3 is 1. The van der Waals surface area contributed by atoms with Crippen LogP contribution < -0.4 is 14.9 Å². The summed E-state index contributed by atoms with van der Waals surface area (Å²) in [5.74, 6) is -0.391. The largest absolute Gasteiger partial charge is 0.493 e. The van der Waals surface area contributed by atoms with E-state index in [4.69, 9.17) is 14.6 Å². The van der Waals surface area contributed by atoms with E-state index in [0.717, 1.165) is 11.3 Å². The van der Waals surface area contributed by atoms with Crippen molar-refractivity contribution in [3.63, 3.8) is 0 Å². The number of benzene rings is 1. The first-order valence-corrected chi connectivity index (χ1v) is 8.66. The average molecular weight is 376 g/mol. The minimum Gasteiger partial charge on any atom is -0.493 e. The monoisotopic (exact) mass is 376 g/mol. The Balaban J connectivity index is 2.12. The van der Waals surface area contributed by atoms with Gasteiger partial charge in [-0.1, -0.05) is 0 Å². The zero-order valence-electron chi connectivity index (χ0n) is 14.9. The number of amides is 1. The van der Waals surface area contributed by atoms with Crippen molar-refractivity contribution in [3.05, 3.63) is 45.6 Å². The van der Waals surface area contributed by atoms with E-state index in [-0.39, 0.29) is 11.0 Å². The third-order valence-corrected chi connectivity index (χ3v) is 4.47. The molecule has 26 heavy (non-hydrogen) atoms. The Labute approximate surface area is 155 Å². The molecule has 2 aromatic rings. The Hall–Kier alpha value is -2.87. The van der Waals surface area contributed by atoms with Crippen LogP contribution >= 0.6 is 11.3 Å². The highest BCUT2D eigenvalue weighted by atomic mass is 32.1. The second-order valence-corrected chi connectivity index (χ2v) is 6.72. The molecule has 0 atom stereocenters. The smallest absolute Gasteiger partial charge is 0.345 e. The molecule has 2 rings (SSSR count). The third kappa shape index (κ3) is 4.82. The molecular weight excluding hydrogens is 356 g/mol. The highest BCUT2D eigenvalue weighted by molar-refractivity contribution is 7.15. The van der Waals surface area contributed by atoms with Gasteiger partial charge in [0.05, 0.1) is 23.8 Å². The number of thiophene rings is 1. The van der Waals surface area contributed by atoms with Crippen LogP contribution in [-0.2, 0) is 0 Å². The van der Waals surface area contributed by atoms with Gasteiger partial charge >= 0.3 is 5.97 Å². The van der Waals surface area contributed by atoms with Crippen molar-refractivity contribution in [2.24, 2.45) is 5.10 Å². The molecule has 0 aliphatic heterocycles. The van der Waals surface area contributed by atoms with E-state index in [1.807, 2.05) is 13.8 Å². The second-order valence-electron chi connectivity index (χ2n) is 5.64. The molecule has 0 radical (unpaired) electrons. The lowest BCUT2D eigenvalue weighted by Gasteiger charge is -2.14. The Kier molecular flexibility index (Phi) is 6.35. The normalized spacial score (nSPS) is 11.3. The van der Waals surface area contributed by atoms with Gasteiger partial charge in [-0.15, -0.1) is 11.3 Å². The molecule has 7 nitrogen and oxygen atoms in total. The molecule has 138 valence electrons. The average Bonchev–Trinajstić information content (AvgIpc) is 3.09. The van der Waals surface area contributed by atoms with Gasteiger partial charge < -0.3 is 14.6 Å². The fraction of sp³-hybridized carbons (Fsp3) is 0.278. The lowest BCUT2D eigenvalue weighted by molar-refractivity contribution is 0.0702. The van der Waals surface area contributed by atoms with Crippen molar-refractivity contribution < 1.29 is 24.2 Å². The molecule has 0 saturated heterocycles. The minimum absolute atomic E-state index is 0.0164. The number of carboxylic acid groups (broad SMARTS) is 1. The maximum absolute atomic E-state index is 12.3. The number of carbonyl (C=O) groups excluding carboxylic acids is 1. The van der Waals surface area contributed by atoms with E-state index in [1.54, 1.807) is 31.2 Å². The highest BCUT2D eigenvalue weighted by Crippen LogP contribution is 2.29. The summed E-state index contributed by atoms with van der Waals surface area (Å²) in [4.78, 5) is 24.1. The number of ether oxygens (including phenoxy) is 2. The van der Waals surface area contributed by atoms with Crippen LogP contribution in [0.5, 0.6) is 11.5 Å². The first kappa shape index (κ1) is 19.5. The van der Waals surface area contributed by atoms with E-state index in [9.17, 15) is 9.59 Å². The standard InChI is InChI=1S/C18H20N2O5S/c1-10(2)25-13-6-5-12(9-14(13)24-4)17(21)20-19-11(3)15-7-8-16(26-15)18(22)23/h5-10H,1-4H3,(H,20,21)(H,22,23)/b19-11-. The first-order chi connectivity index (χ1) is 12.3. The number of hydrogen-bond acceptors (Lipinski definition) is 6. The van der Waals surface area contributed by atoms with E-state index in [0.29, 0.717) is 27.7 Å². The van der Waals surface area contributed by atoms with Crippen LogP contribution in [0.15, 0.2) is 35.4 Å². The summed E-state index contributed by atoms with van der Waals surface area (Å²) < 4.78 is 10.9. The van der Waals surface area contributed by atoms with Crippen molar-refractivity contribution in [1.82, 2.24) is 5.43 Å². The number of aromatic carboxylic acids is 1. The van der Waals surface area contributed by atoms with Crippen LogP contribution in [0.4, 0.5) is 0 Å². The molecule has 8 heteroatoms. The van der Waals surface area contributed by atoms with Gasteiger partial charge in [-0.2, -0.15) is 5.10 Å². The number of nitrogens with one attached hydrogen (secondary N) is 1. The second kappa shape index (κ2) is 8.48. The summed E-state index contributed by atoms with van der Waals surface area (Å²) in [7, 11) is 1.50. The van der Waals surface area contributed by atoms with E-state index in [2.05, 4.69) is 10.5 Å². The molecule has 0 aliphatic rings. The topological polar surface area (TPSA) is 97.2 Å². The predicted octanol–water partition coefficient (Wildman–Crippen LogP) is 3.40. The zero-order valence-corrected chi connectivity index (χ0v) is 15.7. The van der Waals surface area contributed by atoms with Gasteiger partial charge in [0.15, 0.2) is 11.5 Å². The molecule has 1 heterocycles. The summed E-state index contributed by atoms with van der Waals surface area (Å²) in [6, 6.07) is 8.02. The Morgan fingerprint density at radius 2 is 1.85 bits per heavy atom. The van der Waals surface area contributed by atoms with E-state index in [1.165, 1.54) is 13.2 Å². The fourth-order valence-electron chi connectivity index (χ4n) is 2.06. The molecule has 0 unspecified atom stereocenters.